The molecule has 0 spiro atoms. The van der Waals surface area contributed by atoms with Crippen LogP contribution in [0.15, 0.2) is 53.3 Å². The predicted octanol–water partition coefficient (Wildman–Crippen LogP) is 6.26. The van der Waals surface area contributed by atoms with Crippen LogP contribution in [0.25, 0.3) is 16.6 Å². The Labute approximate surface area is 209 Å². The quantitative estimate of drug-likeness (QED) is 0.417. The smallest absolute Gasteiger partial charge is 0.318 e. The zero-order valence-electron chi connectivity index (χ0n) is 22.3. The second-order valence-electron chi connectivity index (χ2n) is 10.6. The molecule has 35 heavy (non-hydrogen) atoms. The van der Waals surface area contributed by atoms with Crippen molar-refractivity contribution in [1.82, 2.24) is 19.8 Å². The van der Waals surface area contributed by atoms with Gasteiger partial charge in [0.15, 0.2) is 0 Å². The molecule has 1 heterocycles. The monoisotopic (exact) mass is 476 g/mol. The third-order valence-electron chi connectivity index (χ3n) is 6.16. The number of benzene rings is 2. The molecule has 0 aliphatic heterocycles. The molecule has 2 amide bonds. The van der Waals surface area contributed by atoms with Gasteiger partial charge in [-0.1, -0.05) is 52.0 Å². The second kappa shape index (κ2) is 11.1. The number of aromatic nitrogens is 2. The average molecular weight is 477 g/mol. The molecule has 0 saturated carbocycles. The Morgan fingerprint density at radius 3 is 2.29 bits per heavy atom. The van der Waals surface area contributed by atoms with Crippen LogP contribution in [0, 0.1) is 5.92 Å². The minimum absolute atomic E-state index is 0.117. The van der Waals surface area contributed by atoms with Crippen LogP contribution in [0.4, 0.5) is 4.79 Å². The van der Waals surface area contributed by atoms with E-state index >= 15 is 0 Å². The summed E-state index contributed by atoms with van der Waals surface area (Å²) in [6, 6.07) is 15.0. The van der Waals surface area contributed by atoms with Crippen molar-refractivity contribution in [2.75, 3.05) is 6.54 Å². The first-order chi connectivity index (χ1) is 16.6. The van der Waals surface area contributed by atoms with Crippen LogP contribution in [-0.4, -0.2) is 32.6 Å². The van der Waals surface area contributed by atoms with E-state index in [1.54, 1.807) is 4.57 Å². The molecule has 1 aromatic heterocycles. The Bertz CT molecular complexity index is 1210. The number of urea groups is 1. The van der Waals surface area contributed by atoms with Gasteiger partial charge >= 0.3 is 6.03 Å². The number of para-hydroxylation sites is 1. The van der Waals surface area contributed by atoms with E-state index < -0.39 is 0 Å². The minimum atomic E-state index is -0.377. The summed E-state index contributed by atoms with van der Waals surface area (Å²) in [6.07, 6.45) is 2.41. The fourth-order valence-corrected chi connectivity index (χ4v) is 4.23. The molecule has 1 unspecified atom stereocenters. The van der Waals surface area contributed by atoms with Crippen molar-refractivity contribution in [3.05, 3.63) is 70.3 Å². The maximum absolute atomic E-state index is 13.8. The number of fused-ring (bicyclic) bond motifs is 1. The zero-order chi connectivity index (χ0) is 25.8. The first kappa shape index (κ1) is 26.5. The normalized spacial score (nSPS) is 12.7. The number of nitrogens with one attached hydrogen (secondary N) is 1. The molecule has 6 nitrogen and oxygen atoms in total. The van der Waals surface area contributed by atoms with Crippen LogP contribution in [-0.2, 0) is 6.42 Å². The summed E-state index contributed by atoms with van der Waals surface area (Å²) in [4.78, 5) is 34.2. The van der Waals surface area contributed by atoms with Gasteiger partial charge in [-0.3, -0.25) is 9.36 Å². The van der Waals surface area contributed by atoms with Crippen LogP contribution in [0.2, 0.25) is 0 Å². The highest BCUT2D eigenvalue weighted by atomic mass is 16.2. The lowest BCUT2D eigenvalue weighted by Crippen LogP contribution is -2.50. The summed E-state index contributed by atoms with van der Waals surface area (Å²) < 4.78 is 1.70. The number of rotatable bonds is 8. The molecule has 0 fully saturated rings. The standard InChI is InChI=1S/C29H40N4O2/c1-8-21-14-16-22(17-15-21)33-26(30-24-13-11-10-12-23(24)27(33)34)25(9-2)32(19-18-20(3)4)28(35)31-29(5,6)7/h10-17,20,25H,8-9,18-19H2,1-7H3,(H,31,35). The lowest BCUT2D eigenvalue weighted by atomic mass is 10.1. The second-order valence-corrected chi connectivity index (χ2v) is 10.6. The first-order valence-corrected chi connectivity index (χ1v) is 12.8. The van der Waals surface area contributed by atoms with Gasteiger partial charge in [0.25, 0.3) is 5.56 Å². The van der Waals surface area contributed by atoms with Gasteiger partial charge in [-0.05, 0) is 75.8 Å². The van der Waals surface area contributed by atoms with E-state index in [1.807, 2.05) is 81.1 Å². The Balaban J connectivity index is 2.24. The largest absolute Gasteiger partial charge is 0.333 e. The highest BCUT2D eigenvalue weighted by Gasteiger charge is 2.30. The van der Waals surface area contributed by atoms with Crippen molar-refractivity contribution in [1.29, 1.82) is 0 Å². The topological polar surface area (TPSA) is 67.2 Å². The van der Waals surface area contributed by atoms with Gasteiger partial charge in [0.2, 0.25) is 0 Å². The van der Waals surface area contributed by atoms with E-state index in [2.05, 4.69) is 26.1 Å². The first-order valence-electron chi connectivity index (χ1n) is 12.8. The Hall–Kier alpha value is -3.15. The molecule has 3 rings (SSSR count). The van der Waals surface area contributed by atoms with Crippen molar-refractivity contribution in [2.24, 2.45) is 5.92 Å². The van der Waals surface area contributed by atoms with E-state index in [0.29, 0.717) is 35.6 Å². The molecule has 3 aromatic rings. The van der Waals surface area contributed by atoms with Crippen LogP contribution in [0.1, 0.15) is 78.7 Å². The van der Waals surface area contributed by atoms with Crippen LogP contribution >= 0.6 is 0 Å². The number of hydrogen-bond acceptors (Lipinski definition) is 3. The van der Waals surface area contributed by atoms with Gasteiger partial charge in [-0.2, -0.15) is 0 Å². The zero-order valence-corrected chi connectivity index (χ0v) is 22.3. The lowest BCUT2D eigenvalue weighted by molar-refractivity contribution is 0.156. The molecular formula is C29H40N4O2. The van der Waals surface area contributed by atoms with Crippen LogP contribution in [0.5, 0.6) is 0 Å². The summed E-state index contributed by atoms with van der Waals surface area (Å²) in [5.74, 6) is 1.03. The number of amides is 2. The number of carbonyl (C=O) groups excluding carboxylic acids is 1. The van der Waals surface area contributed by atoms with E-state index in [9.17, 15) is 9.59 Å². The molecule has 0 aliphatic rings. The van der Waals surface area contributed by atoms with Crippen molar-refractivity contribution in [3.8, 4) is 5.69 Å². The number of hydrogen-bond donors (Lipinski definition) is 1. The van der Waals surface area contributed by atoms with E-state index in [1.165, 1.54) is 5.56 Å². The van der Waals surface area contributed by atoms with Gasteiger partial charge in [0.05, 0.1) is 22.6 Å². The molecule has 0 saturated heterocycles. The molecule has 188 valence electrons. The maximum Gasteiger partial charge on any atom is 0.318 e. The van der Waals surface area contributed by atoms with Crippen LogP contribution < -0.4 is 10.9 Å². The van der Waals surface area contributed by atoms with Gasteiger partial charge in [-0.15, -0.1) is 0 Å². The molecule has 1 atom stereocenters. The SMILES string of the molecule is CCc1ccc(-n2c(C(CC)N(CCC(C)C)C(=O)NC(C)(C)C)nc3ccccc3c2=O)cc1. The molecule has 0 aliphatic carbocycles. The van der Waals surface area contributed by atoms with Gasteiger partial charge in [0, 0.05) is 12.1 Å². The predicted molar refractivity (Wildman–Crippen MR) is 144 cm³/mol. The molecule has 2 aromatic carbocycles. The van der Waals surface area contributed by atoms with Gasteiger partial charge in [0.1, 0.15) is 5.82 Å². The average Bonchev–Trinajstić information content (AvgIpc) is 2.80. The molecule has 1 N–H and O–H groups in total. The molecule has 0 bridgehead atoms. The van der Waals surface area contributed by atoms with E-state index in [4.69, 9.17) is 4.98 Å². The molecular weight excluding hydrogens is 436 g/mol. The van der Waals surface area contributed by atoms with E-state index in [-0.39, 0.29) is 23.2 Å². The van der Waals surface area contributed by atoms with Crippen molar-refractivity contribution < 1.29 is 4.79 Å². The summed E-state index contributed by atoms with van der Waals surface area (Å²) in [7, 11) is 0. The van der Waals surface area contributed by atoms with Crippen molar-refractivity contribution in [3.63, 3.8) is 0 Å². The maximum atomic E-state index is 13.8. The van der Waals surface area contributed by atoms with Crippen molar-refractivity contribution in [2.45, 2.75) is 79.3 Å². The Morgan fingerprint density at radius 1 is 1.06 bits per heavy atom. The Morgan fingerprint density at radius 2 is 1.71 bits per heavy atom. The number of carbonyl (C=O) groups is 1. The van der Waals surface area contributed by atoms with E-state index in [0.717, 1.165) is 18.5 Å². The van der Waals surface area contributed by atoms with Crippen LogP contribution in [0.3, 0.4) is 0 Å². The fourth-order valence-electron chi connectivity index (χ4n) is 4.23. The molecule has 6 heteroatoms. The lowest BCUT2D eigenvalue weighted by Gasteiger charge is -2.35. The molecule has 0 radical (unpaired) electrons. The number of aryl methyl sites for hydroxylation is 1. The van der Waals surface area contributed by atoms with Gasteiger partial charge < -0.3 is 10.2 Å². The third-order valence-corrected chi connectivity index (χ3v) is 6.16. The highest BCUT2D eigenvalue weighted by molar-refractivity contribution is 5.78. The summed E-state index contributed by atoms with van der Waals surface area (Å²) in [6.45, 7) is 15.0. The highest BCUT2D eigenvalue weighted by Crippen LogP contribution is 2.27. The third kappa shape index (κ3) is 6.30. The number of nitrogens with zero attached hydrogens (tertiary/aromatic N) is 3. The minimum Gasteiger partial charge on any atom is -0.333 e. The summed E-state index contributed by atoms with van der Waals surface area (Å²) in [5, 5.41) is 3.69. The Kier molecular flexibility index (Phi) is 8.36. The van der Waals surface area contributed by atoms with Crippen molar-refractivity contribution >= 4 is 16.9 Å². The summed E-state index contributed by atoms with van der Waals surface area (Å²) in [5.41, 5.74) is 2.12. The summed E-state index contributed by atoms with van der Waals surface area (Å²) >= 11 is 0. The fraction of sp³-hybridized carbons (Fsp3) is 0.483. The van der Waals surface area contributed by atoms with Gasteiger partial charge in [-0.25, -0.2) is 9.78 Å².